The van der Waals surface area contributed by atoms with E-state index in [1.807, 2.05) is 0 Å². The Kier molecular flexibility index (Phi) is 13.2. The van der Waals surface area contributed by atoms with Crippen molar-refractivity contribution in [3.8, 4) is 0 Å². The van der Waals surface area contributed by atoms with E-state index in [0.29, 0.717) is 0 Å². The van der Waals surface area contributed by atoms with E-state index in [2.05, 4.69) is 108 Å². The molecule has 0 unspecified atom stereocenters. The summed E-state index contributed by atoms with van der Waals surface area (Å²) in [4.78, 5) is 0. The third-order valence-electron chi connectivity index (χ3n) is 1.50. The summed E-state index contributed by atoms with van der Waals surface area (Å²) in [6.45, 7) is 34.5. The van der Waals surface area contributed by atoms with Gasteiger partial charge in [-0.15, -0.1) is 0 Å². The van der Waals surface area contributed by atoms with Crippen LogP contribution < -0.4 is 9.30 Å². The van der Waals surface area contributed by atoms with Crippen LogP contribution in [-0.2, 0) is 0 Å². The smallest absolute Gasteiger partial charge is 0.147 e. The van der Waals surface area contributed by atoms with Crippen molar-refractivity contribution in [2.45, 2.75) is 98.2 Å². The van der Waals surface area contributed by atoms with Crippen molar-refractivity contribution in [3.63, 3.8) is 0 Å². The largest absolute Gasteiger partial charge is 0.360 e. The van der Waals surface area contributed by atoms with Gasteiger partial charge >= 0.3 is 0 Å². The Labute approximate surface area is 158 Å². The van der Waals surface area contributed by atoms with Crippen LogP contribution in [0, 0.1) is 0 Å². The highest BCUT2D eigenvalue weighted by atomic mass is 35.6. The van der Waals surface area contributed by atoms with Crippen LogP contribution >= 0.6 is 11.1 Å². The molecule has 0 aliphatic rings. The van der Waals surface area contributed by atoms with Crippen molar-refractivity contribution in [1.29, 1.82) is 0 Å². The maximum atomic E-state index is 5.67. The Hall–Kier alpha value is 1.29. The van der Waals surface area contributed by atoms with Crippen molar-refractivity contribution in [1.82, 2.24) is 9.30 Å². The van der Waals surface area contributed by atoms with Gasteiger partial charge < -0.3 is 9.30 Å². The van der Waals surface area contributed by atoms with E-state index in [9.17, 15) is 0 Å². The first-order chi connectivity index (χ1) is 9.41. The SMILES string of the molecule is C[Si](C)(C)Cl.C[Si](C)(C)N[Si](C)(C)C.C[Si](C)(C)N[Si](C)(C)C. The quantitative estimate of drug-likeness (QED) is 0.390. The van der Waals surface area contributed by atoms with Crippen LogP contribution in [0.5, 0.6) is 0 Å². The molecule has 144 valence electrons. The third kappa shape index (κ3) is 59.8. The van der Waals surface area contributed by atoms with Crippen LogP contribution in [0.25, 0.3) is 0 Å². The van der Waals surface area contributed by atoms with E-state index in [0.717, 1.165) is 0 Å². The fourth-order valence-electron chi connectivity index (χ4n) is 2.25. The van der Waals surface area contributed by atoms with Crippen molar-refractivity contribution < 1.29 is 0 Å². The summed E-state index contributed by atoms with van der Waals surface area (Å²) in [5.41, 5.74) is 0. The van der Waals surface area contributed by atoms with Gasteiger partial charge in [-0.2, -0.15) is 11.1 Å². The topological polar surface area (TPSA) is 24.1 Å². The van der Waals surface area contributed by atoms with Crippen LogP contribution in [-0.4, -0.2) is 40.3 Å². The number of hydrogen-bond acceptors (Lipinski definition) is 2. The minimum atomic E-state index is -1.14. The molecule has 0 aromatic rings. The molecule has 0 saturated carbocycles. The third-order valence-corrected chi connectivity index (χ3v) is 13.5. The molecule has 0 saturated heterocycles. The van der Waals surface area contributed by atoms with E-state index in [1.54, 1.807) is 0 Å². The van der Waals surface area contributed by atoms with Gasteiger partial charge in [0.1, 0.15) is 40.3 Å². The first-order valence-electron chi connectivity index (χ1n) is 8.69. The van der Waals surface area contributed by atoms with Gasteiger partial charge in [0.2, 0.25) is 0 Å². The summed E-state index contributed by atoms with van der Waals surface area (Å²) >= 11 is 5.67. The maximum absolute atomic E-state index is 5.67. The Balaban J connectivity index is -0.000000273. The fraction of sp³-hybridized carbons (Fsp3) is 1.00. The van der Waals surface area contributed by atoms with Gasteiger partial charge in [-0.1, -0.05) is 98.2 Å². The average molecular weight is 431 g/mol. The molecule has 0 aromatic heterocycles. The van der Waals surface area contributed by atoms with Crippen molar-refractivity contribution in [3.05, 3.63) is 0 Å². The summed E-state index contributed by atoms with van der Waals surface area (Å²) in [5, 5.41) is 0. The lowest BCUT2D eigenvalue weighted by atomic mass is 11.8. The molecule has 0 rings (SSSR count). The van der Waals surface area contributed by atoms with Crippen LogP contribution in [0.2, 0.25) is 98.2 Å². The lowest BCUT2D eigenvalue weighted by Gasteiger charge is -2.28. The molecule has 0 spiro atoms. The van der Waals surface area contributed by atoms with Crippen molar-refractivity contribution in [2.75, 3.05) is 0 Å². The first-order valence-corrected chi connectivity index (χ1v) is 27.2. The highest BCUT2D eigenvalue weighted by Crippen LogP contribution is 2.04. The average Bonchev–Trinajstić information content (AvgIpc) is 1.81. The van der Waals surface area contributed by atoms with Crippen molar-refractivity contribution in [2.24, 2.45) is 0 Å². The number of halogens is 1. The molecule has 2 N–H and O–H groups in total. The van der Waals surface area contributed by atoms with E-state index in [1.165, 1.54) is 0 Å². The summed E-state index contributed by atoms with van der Waals surface area (Å²) in [5.74, 6) is 0. The number of hydrogen-bond donors (Lipinski definition) is 2. The first kappa shape index (κ1) is 29.1. The van der Waals surface area contributed by atoms with E-state index in [4.69, 9.17) is 11.1 Å². The van der Waals surface area contributed by atoms with Crippen LogP contribution in [0.4, 0.5) is 0 Å². The minimum absolute atomic E-state index is 0.981. The molecule has 0 amide bonds. The molecule has 0 aromatic carbocycles. The predicted octanol–water partition coefficient (Wildman–Crippen LogP) is 6.55. The van der Waals surface area contributed by atoms with Gasteiger partial charge in [-0.3, -0.25) is 0 Å². The van der Waals surface area contributed by atoms with E-state index < -0.39 is 40.3 Å². The molecule has 0 atom stereocenters. The summed E-state index contributed by atoms with van der Waals surface area (Å²) in [6.07, 6.45) is 0. The van der Waals surface area contributed by atoms with Gasteiger partial charge in [-0.05, 0) is 0 Å². The summed E-state index contributed by atoms with van der Waals surface area (Å²) < 4.78 is 7.47. The lowest BCUT2D eigenvalue weighted by Crippen LogP contribution is -2.55. The Bertz CT molecular complexity index is 248. The van der Waals surface area contributed by atoms with Crippen LogP contribution in [0.3, 0.4) is 0 Å². The monoisotopic (exact) mass is 430 g/mol. The van der Waals surface area contributed by atoms with Gasteiger partial charge in [-0.25, -0.2) is 0 Å². The van der Waals surface area contributed by atoms with Crippen molar-refractivity contribution >= 4 is 51.4 Å². The van der Waals surface area contributed by atoms with E-state index >= 15 is 0 Å². The fourth-order valence-corrected chi connectivity index (χ4v) is 20.2. The molecule has 0 radical (unpaired) electrons. The second-order valence-corrected chi connectivity index (χ2v) is 38.9. The standard InChI is InChI=1S/2C6H19NSi2.C3H9ClSi/c2*1-8(2,3)7-9(4,5)6;1-5(2,3)4/h2*7H,1-6H3;1-3H3. The zero-order valence-electron chi connectivity index (χ0n) is 18.9. The lowest BCUT2D eigenvalue weighted by molar-refractivity contribution is 1.30. The predicted molar refractivity (Wildman–Crippen MR) is 129 cm³/mol. The zero-order valence-corrected chi connectivity index (χ0v) is 24.6. The normalized spacial score (nSPS) is 13.6. The molecule has 0 bridgehead atoms. The summed E-state index contributed by atoms with van der Waals surface area (Å²) in [7, 11) is -5.06. The van der Waals surface area contributed by atoms with Crippen LogP contribution in [0.15, 0.2) is 0 Å². The molecule has 0 aliphatic heterocycles. The number of nitrogens with one attached hydrogen (secondary N) is 2. The second-order valence-electron chi connectivity index (χ2n) is 11.3. The molecule has 0 aliphatic carbocycles. The van der Waals surface area contributed by atoms with Gasteiger partial charge in [0, 0.05) is 0 Å². The molecular formula is C15H47ClN2Si5. The highest BCUT2D eigenvalue weighted by Gasteiger charge is 2.22. The Morgan fingerprint density at radius 1 is 0.391 bits per heavy atom. The number of rotatable bonds is 4. The Morgan fingerprint density at radius 3 is 0.478 bits per heavy atom. The second kappa shape index (κ2) is 10.4. The van der Waals surface area contributed by atoms with Gasteiger partial charge in [0.25, 0.3) is 0 Å². The minimum Gasteiger partial charge on any atom is -0.360 e. The molecule has 0 fully saturated rings. The molecular weight excluding hydrogens is 384 g/mol. The van der Waals surface area contributed by atoms with Gasteiger partial charge in [0.15, 0.2) is 0 Å². The molecule has 2 nitrogen and oxygen atoms in total. The van der Waals surface area contributed by atoms with Crippen LogP contribution in [0.1, 0.15) is 0 Å². The highest BCUT2D eigenvalue weighted by molar-refractivity contribution is 7.18. The molecule has 23 heavy (non-hydrogen) atoms. The summed E-state index contributed by atoms with van der Waals surface area (Å²) in [6, 6.07) is 0. The van der Waals surface area contributed by atoms with Gasteiger partial charge in [0.05, 0.1) is 0 Å². The molecule has 8 heteroatoms. The molecule has 0 heterocycles. The zero-order chi connectivity index (χ0) is 19.9. The maximum Gasteiger partial charge on any atom is 0.147 e. The van der Waals surface area contributed by atoms with E-state index in [-0.39, 0.29) is 0 Å². The Morgan fingerprint density at radius 2 is 0.478 bits per heavy atom.